The van der Waals surface area contributed by atoms with Gasteiger partial charge in [0, 0.05) is 29.2 Å². The Morgan fingerprint density at radius 1 is 1.48 bits per heavy atom. The average Bonchev–Trinajstić information content (AvgIpc) is 2.46. The third kappa shape index (κ3) is 3.89. The molecule has 10 heteroatoms. The minimum Gasteiger partial charge on any atom is -0.507 e. The van der Waals surface area contributed by atoms with Crippen molar-refractivity contribution >= 4 is 12.0 Å². The van der Waals surface area contributed by atoms with Crippen LogP contribution in [0.5, 0.6) is 5.75 Å². The van der Waals surface area contributed by atoms with Gasteiger partial charge in [0.25, 0.3) is 5.69 Å². The van der Waals surface area contributed by atoms with Gasteiger partial charge in [0.1, 0.15) is 11.9 Å². The molecular weight excluding hydrogens is 284 g/mol. The molecule has 0 aliphatic carbocycles. The van der Waals surface area contributed by atoms with E-state index in [1.165, 1.54) is 0 Å². The maximum Gasteiger partial charge on any atom is 0.270 e. The second-order valence-corrected chi connectivity index (χ2v) is 4.10. The van der Waals surface area contributed by atoms with Gasteiger partial charge in [-0.15, -0.1) is 0 Å². The summed E-state index contributed by atoms with van der Waals surface area (Å²) in [5, 5.41) is 43.3. The van der Waals surface area contributed by atoms with Crippen molar-refractivity contribution in [2.24, 2.45) is 5.11 Å². The van der Waals surface area contributed by atoms with Gasteiger partial charge in [-0.2, -0.15) is 0 Å². The lowest BCUT2D eigenvalue weighted by Crippen LogP contribution is -2.19. The highest BCUT2D eigenvalue weighted by Crippen LogP contribution is 2.33. The van der Waals surface area contributed by atoms with Gasteiger partial charge in [-0.1, -0.05) is 5.11 Å². The van der Waals surface area contributed by atoms with Crippen LogP contribution in [-0.2, 0) is 0 Å². The highest BCUT2D eigenvalue weighted by molar-refractivity contribution is 5.81. The number of hydrogen-bond donors (Lipinski definition) is 3. The zero-order chi connectivity index (χ0) is 16.0. The third-order valence-electron chi connectivity index (χ3n) is 2.76. The van der Waals surface area contributed by atoms with Crippen LogP contribution in [0.2, 0.25) is 0 Å². The molecule has 0 fully saturated rings. The van der Waals surface area contributed by atoms with E-state index >= 15 is 0 Å². The van der Waals surface area contributed by atoms with E-state index < -0.39 is 28.6 Å². The molecule has 21 heavy (non-hydrogen) atoms. The normalized spacial score (nSPS) is 13.0. The van der Waals surface area contributed by atoms with Crippen molar-refractivity contribution in [3.05, 3.63) is 43.8 Å². The van der Waals surface area contributed by atoms with Crippen molar-refractivity contribution in [2.75, 3.05) is 6.54 Å². The van der Waals surface area contributed by atoms with Crippen LogP contribution in [0.1, 0.15) is 28.4 Å². The molecule has 0 saturated heterocycles. The monoisotopic (exact) mass is 296 g/mol. The maximum absolute atomic E-state index is 10.8. The Labute approximate surface area is 118 Å². The molecule has 0 radical (unpaired) electrons. The summed E-state index contributed by atoms with van der Waals surface area (Å²) >= 11 is 0. The van der Waals surface area contributed by atoms with Crippen molar-refractivity contribution in [1.82, 2.24) is 0 Å². The fourth-order valence-corrected chi connectivity index (χ4v) is 1.68. The van der Waals surface area contributed by atoms with Crippen molar-refractivity contribution in [3.63, 3.8) is 0 Å². The van der Waals surface area contributed by atoms with Crippen LogP contribution in [-0.4, -0.2) is 39.2 Å². The molecule has 0 saturated carbocycles. The molecule has 0 heterocycles. The smallest absolute Gasteiger partial charge is 0.270 e. The Kier molecular flexibility index (Phi) is 5.61. The number of phenolic OH excluding ortho intramolecular Hbond substituents is 1. The average molecular weight is 296 g/mol. The van der Waals surface area contributed by atoms with E-state index in [0.29, 0.717) is 0 Å². The molecule has 1 aromatic rings. The van der Waals surface area contributed by atoms with Gasteiger partial charge >= 0.3 is 0 Å². The minimum absolute atomic E-state index is 0.106. The standard InChI is InChI=1S/C11H12N4O6/c12-14-13-2-1-9(17)11(19)8-4-7(15(20)21)3-6(5-16)10(8)18/h3-5,9,11,17-19H,1-2H2. The molecule has 0 aromatic heterocycles. The molecule has 0 aliphatic heterocycles. The van der Waals surface area contributed by atoms with Gasteiger partial charge in [0.2, 0.25) is 0 Å². The Bertz CT molecular complexity index is 599. The predicted octanol–water partition coefficient (Wildman–Crippen LogP) is 1.21. The van der Waals surface area contributed by atoms with E-state index in [9.17, 15) is 30.2 Å². The molecule has 0 bridgehead atoms. The minimum atomic E-state index is -1.67. The van der Waals surface area contributed by atoms with Gasteiger partial charge in [0.05, 0.1) is 16.6 Å². The quantitative estimate of drug-likeness (QED) is 0.170. The summed E-state index contributed by atoms with van der Waals surface area (Å²) in [4.78, 5) is 23.2. The predicted molar refractivity (Wildman–Crippen MR) is 69.7 cm³/mol. The van der Waals surface area contributed by atoms with E-state index in [1.807, 2.05) is 0 Å². The van der Waals surface area contributed by atoms with Crippen molar-refractivity contribution in [1.29, 1.82) is 0 Å². The molecule has 10 nitrogen and oxygen atoms in total. The molecule has 1 rings (SSSR count). The van der Waals surface area contributed by atoms with Crippen LogP contribution in [0.4, 0.5) is 5.69 Å². The van der Waals surface area contributed by atoms with Gasteiger partial charge in [0.15, 0.2) is 6.29 Å². The highest BCUT2D eigenvalue weighted by atomic mass is 16.6. The molecule has 2 unspecified atom stereocenters. The topological polar surface area (TPSA) is 170 Å². The molecule has 3 N–H and O–H groups in total. The lowest BCUT2D eigenvalue weighted by Gasteiger charge is -2.18. The van der Waals surface area contributed by atoms with Crippen LogP contribution in [0.25, 0.3) is 10.4 Å². The summed E-state index contributed by atoms with van der Waals surface area (Å²) < 4.78 is 0. The largest absolute Gasteiger partial charge is 0.507 e. The number of aliphatic hydroxyl groups excluding tert-OH is 2. The zero-order valence-corrected chi connectivity index (χ0v) is 10.7. The first-order chi connectivity index (χ1) is 9.92. The Balaban J connectivity index is 3.15. The Morgan fingerprint density at radius 2 is 2.14 bits per heavy atom. The third-order valence-corrected chi connectivity index (χ3v) is 2.76. The second-order valence-electron chi connectivity index (χ2n) is 4.10. The first-order valence-corrected chi connectivity index (χ1v) is 5.75. The second kappa shape index (κ2) is 7.20. The summed E-state index contributed by atoms with van der Waals surface area (Å²) in [6.45, 7) is -0.106. The van der Waals surface area contributed by atoms with Crippen LogP contribution in [0.3, 0.4) is 0 Å². The number of nitro benzene ring substituents is 1. The SMILES string of the molecule is [N-]=[N+]=NCCC(O)C(O)c1cc([N+](=O)[O-])cc(C=O)c1O. The fraction of sp³-hybridized carbons (Fsp3) is 0.364. The number of nitrogens with zero attached hydrogens (tertiary/aromatic N) is 4. The first kappa shape index (κ1) is 16.4. The summed E-state index contributed by atoms with van der Waals surface area (Å²) in [6, 6.07) is 1.72. The summed E-state index contributed by atoms with van der Waals surface area (Å²) in [6.07, 6.45) is -3.02. The summed E-state index contributed by atoms with van der Waals surface area (Å²) in [7, 11) is 0. The summed E-state index contributed by atoms with van der Waals surface area (Å²) in [5.41, 5.74) is 6.87. The number of carbonyl (C=O) groups is 1. The van der Waals surface area contributed by atoms with Crippen LogP contribution < -0.4 is 0 Å². The van der Waals surface area contributed by atoms with Gasteiger partial charge in [-0.25, -0.2) is 0 Å². The number of benzene rings is 1. The lowest BCUT2D eigenvalue weighted by molar-refractivity contribution is -0.385. The number of non-ortho nitro benzene ring substituents is 1. The van der Waals surface area contributed by atoms with Gasteiger partial charge < -0.3 is 15.3 Å². The lowest BCUT2D eigenvalue weighted by atomic mass is 9.98. The van der Waals surface area contributed by atoms with Crippen molar-refractivity contribution in [3.8, 4) is 5.75 Å². The number of phenols is 1. The van der Waals surface area contributed by atoms with E-state index in [-0.39, 0.29) is 30.4 Å². The molecule has 0 aliphatic rings. The highest BCUT2D eigenvalue weighted by Gasteiger charge is 2.25. The van der Waals surface area contributed by atoms with Crippen LogP contribution in [0, 0.1) is 10.1 Å². The summed E-state index contributed by atoms with van der Waals surface area (Å²) in [5.74, 6) is -0.647. The van der Waals surface area contributed by atoms with Crippen LogP contribution in [0.15, 0.2) is 17.2 Å². The van der Waals surface area contributed by atoms with Gasteiger partial charge in [-0.3, -0.25) is 14.9 Å². The number of azide groups is 1. The molecular formula is C11H12N4O6. The number of hydrogen-bond acceptors (Lipinski definition) is 7. The molecule has 1 aromatic carbocycles. The van der Waals surface area contributed by atoms with E-state index in [0.717, 1.165) is 12.1 Å². The molecule has 112 valence electrons. The van der Waals surface area contributed by atoms with E-state index in [4.69, 9.17) is 5.53 Å². The first-order valence-electron chi connectivity index (χ1n) is 5.75. The van der Waals surface area contributed by atoms with E-state index in [1.54, 1.807) is 0 Å². The number of nitro groups is 1. The van der Waals surface area contributed by atoms with Crippen molar-refractivity contribution < 1.29 is 25.0 Å². The number of aromatic hydroxyl groups is 1. The maximum atomic E-state index is 10.8. The van der Waals surface area contributed by atoms with E-state index in [2.05, 4.69) is 10.0 Å². The molecule has 0 spiro atoms. The molecule has 0 amide bonds. The zero-order valence-electron chi connectivity index (χ0n) is 10.7. The Morgan fingerprint density at radius 3 is 2.67 bits per heavy atom. The number of rotatable bonds is 7. The number of carbonyl (C=O) groups excluding carboxylic acids is 1. The van der Waals surface area contributed by atoms with Crippen molar-refractivity contribution in [2.45, 2.75) is 18.6 Å². The van der Waals surface area contributed by atoms with Crippen LogP contribution >= 0.6 is 0 Å². The fourth-order valence-electron chi connectivity index (χ4n) is 1.68. The Hall–Kier alpha value is -2.68. The number of aldehydes is 1. The number of aliphatic hydroxyl groups is 2. The molecule has 2 atom stereocenters. The van der Waals surface area contributed by atoms with Gasteiger partial charge in [-0.05, 0) is 12.0 Å².